The summed E-state index contributed by atoms with van der Waals surface area (Å²) in [4.78, 5) is 10.7. The minimum atomic E-state index is -3.74. The van der Waals surface area contributed by atoms with Crippen LogP contribution in [-0.2, 0) is 10.0 Å². The maximum atomic E-state index is 12.0. The Morgan fingerprint density at radius 1 is 1.53 bits per heavy atom. The second-order valence-electron chi connectivity index (χ2n) is 4.13. The highest BCUT2D eigenvalue weighted by Crippen LogP contribution is 2.26. The number of nitrogens with one attached hydrogen (secondary N) is 1. The maximum absolute atomic E-state index is 12.0. The molecule has 0 amide bonds. The normalized spacial score (nSPS) is 12.0. The van der Waals surface area contributed by atoms with Crippen LogP contribution >= 0.6 is 11.3 Å². The Labute approximate surface area is 105 Å². The SMILES string of the molecule is Cc1csc(C(=O)O)c1S(=O)(=O)NCC(C)C. The van der Waals surface area contributed by atoms with Crippen molar-refractivity contribution in [1.29, 1.82) is 0 Å². The van der Waals surface area contributed by atoms with E-state index in [-0.39, 0.29) is 22.2 Å². The third kappa shape index (κ3) is 3.27. The van der Waals surface area contributed by atoms with Crippen LogP contribution in [0.3, 0.4) is 0 Å². The summed E-state index contributed by atoms with van der Waals surface area (Å²) in [5, 5.41) is 10.5. The number of aromatic carboxylic acids is 1. The zero-order valence-electron chi connectivity index (χ0n) is 9.85. The van der Waals surface area contributed by atoms with Crippen LogP contribution < -0.4 is 4.72 Å². The molecule has 2 N–H and O–H groups in total. The van der Waals surface area contributed by atoms with Gasteiger partial charge in [-0.2, -0.15) is 0 Å². The van der Waals surface area contributed by atoms with E-state index in [1.165, 1.54) is 5.38 Å². The molecule has 0 atom stereocenters. The van der Waals surface area contributed by atoms with E-state index in [0.717, 1.165) is 11.3 Å². The lowest BCUT2D eigenvalue weighted by Gasteiger charge is -2.09. The Morgan fingerprint density at radius 3 is 2.59 bits per heavy atom. The van der Waals surface area contributed by atoms with Crippen LogP contribution in [0.2, 0.25) is 0 Å². The van der Waals surface area contributed by atoms with Crippen molar-refractivity contribution in [1.82, 2.24) is 4.72 Å². The van der Waals surface area contributed by atoms with Crippen molar-refractivity contribution in [2.75, 3.05) is 6.54 Å². The molecule has 0 bridgehead atoms. The van der Waals surface area contributed by atoms with E-state index in [2.05, 4.69) is 4.72 Å². The topological polar surface area (TPSA) is 83.5 Å². The van der Waals surface area contributed by atoms with Gasteiger partial charge in [0.2, 0.25) is 10.0 Å². The Morgan fingerprint density at radius 2 is 2.12 bits per heavy atom. The zero-order valence-corrected chi connectivity index (χ0v) is 11.5. The van der Waals surface area contributed by atoms with Crippen LogP contribution in [0.25, 0.3) is 0 Å². The molecule has 0 radical (unpaired) electrons. The van der Waals surface area contributed by atoms with E-state index in [1.54, 1.807) is 6.92 Å². The number of thiophene rings is 1. The number of carbonyl (C=O) groups is 1. The van der Waals surface area contributed by atoms with E-state index in [0.29, 0.717) is 5.56 Å². The van der Waals surface area contributed by atoms with Gasteiger partial charge < -0.3 is 5.11 Å². The maximum Gasteiger partial charge on any atom is 0.347 e. The van der Waals surface area contributed by atoms with Gasteiger partial charge in [0.1, 0.15) is 9.77 Å². The van der Waals surface area contributed by atoms with Crippen molar-refractivity contribution in [3.05, 3.63) is 15.8 Å². The summed E-state index contributed by atoms with van der Waals surface area (Å²) in [6.07, 6.45) is 0. The molecule has 0 saturated heterocycles. The van der Waals surface area contributed by atoms with E-state index in [1.807, 2.05) is 13.8 Å². The fraction of sp³-hybridized carbons (Fsp3) is 0.500. The molecule has 1 heterocycles. The summed E-state index contributed by atoms with van der Waals surface area (Å²) in [6.45, 7) is 5.63. The van der Waals surface area contributed by atoms with Crippen molar-refractivity contribution in [2.24, 2.45) is 5.92 Å². The minimum Gasteiger partial charge on any atom is -0.477 e. The van der Waals surface area contributed by atoms with E-state index >= 15 is 0 Å². The number of hydrogen-bond donors (Lipinski definition) is 2. The summed E-state index contributed by atoms with van der Waals surface area (Å²) < 4.78 is 26.4. The second kappa shape index (κ2) is 5.16. The molecule has 0 fully saturated rings. The number of hydrogen-bond acceptors (Lipinski definition) is 4. The van der Waals surface area contributed by atoms with E-state index in [4.69, 9.17) is 5.11 Å². The van der Waals surface area contributed by atoms with Crippen molar-refractivity contribution in [2.45, 2.75) is 25.7 Å². The lowest BCUT2D eigenvalue weighted by Crippen LogP contribution is -2.28. The van der Waals surface area contributed by atoms with Crippen LogP contribution in [-0.4, -0.2) is 26.0 Å². The highest BCUT2D eigenvalue weighted by molar-refractivity contribution is 7.89. The van der Waals surface area contributed by atoms with Crippen molar-refractivity contribution < 1.29 is 18.3 Å². The van der Waals surface area contributed by atoms with Gasteiger partial charge in [0.25, 0.3) is 0 Å². The third-order valence-corrected chi connectivity index (χ3v) is 4.89. The highest BCUT2D eigenvalue weighted by atomic mass is 32.2. The fourth-order valence-corrected chi connectivity index (χ4v) is 4.10. The first-order valence-electron chi connectivity index (χ1n) is 5.06. The molecule has 5 nitrogen and oxygen atoms in total. The number of rotatable bonds is 5. The zero-order chi connectivity index (χ0) is 13.2. The van der Waals surface area contributed by atoms with Crippen molar-refractivity contribution >= 4 is 27.3 Å². The van der Waals surface area contributed by atoms with Crippen molar-refractivity contribution in [3.63, 3.8) is 0 Å². The van der Waals surface area contributed by atoms with Crippen LogP contribution in [0, 0.1) is 12.8 Å². The Balaban J connectivity index is 3.14. The quantitative estimate of drug-likeness (QED) is 0.858. The van der Waals surface area contributed by atoms with Gasteiger partial charge >= 0.3 is 5.97 Å². The Kier molecular flexibility index (Phi) is 4.29. The number of aryl methyl sites for hydroxylation is 1. The molecule has 0 aliphatic rings. The smallest absolute Gasteiger partial charge is 0.347 e. The molecule has 1 aromatic heterocycles. The monoisotopic (exact) mass is 277 g/mol. The molecule has 7 heteroatoms. The fourth-order valence-electron chi connectivity index (χ4n) is 1.26. The van der Waals surface area contributed by atoms with Crippen LogP contribution in [0.4, 0.5) is 0 Å². The summed E-state index contributed by atoms with van der Waals surface area (Å²) in [7, 11) is -3.74. The second-order valence-corrected chi connectivity index (χ2v) is 6.71. The van der Waals surface area contributed by atoms with E-state index < -0.39 is 16.0 Å². The standard InChI is InChI=1S/C10H15NO4S2/c1-6(2)4-11-17(14,15)9-7(3)5-16-8(9)10(12)13/h5-6,11H,4H2,1-3H3,(H,12,13). The molecular formula is C10H15NO4S2. The number of sulfonamides is 1. The number of carboxylic acids is 1. The van der Waals surface area contributed by atoms with Gasteiger partial charge in [-0.1, -0.05) is 13.8 Å². The molecule has 0 saturated carbocycles. The van der Waals surface area contributed by atoms with Gasteiger partial charge in [-0.05, 0) is 23.8 Å². The molecular weight excluding hydrogens is 262 g/mol. The summed E-state index contributed by atoms with van der Waals surface area (Å²) in [5.41, 5.74) is 0.462. The Hall–Kier alpha value is -0.920. The van der Waals surface area contributed by atoms with Crippen LogP contribution in [0.15, 0.2) is 10.3 Å². The molecule has 0 aliphatic carbocycles. The Bertz CT molecular complexity index is 516. The summed E-state index contributed by atoms with van der Waals surface area (Å²) in [5.74, 6) is -1.05. The van der Waals surface area contributed by atoms with Crippen molar-refractivity contribution in [3.8, 4) is 0 Å². The molecule has 0 unspecified atom stereocenters. The van der Waals surface area contributed by atoms with Gasteiger partial charge in [-0.15, -0.1) is 11.3 Å². The minimum absolute atomic E-state index is 0.115. The van der Waals surface area contributed by atoms with E-state index in [9.17, 15) is 13.2 Å². The van der Waals surface area contributed by atoms with Gasteiger partial charge in [-0.25, -0.2) is 17.9 Å². The lowest BCUT2D eigenvalue weighted by atomic mass is 10.2. The summed E-state index contributed by atoms with van der Waals surface area (Å²) >= 11 is 0.927. The predicted octanol–water partition coefficient (Wildman–Crippen LogP) is 1.69. The molecule has 0 aromatic carbocycles. The average molecular weight is 277 g/mol. The first-order valence-corrected chi connectivity index (χ1v) is 7.43. The van der Waals surface area contributed by atoms with Gasteiger partial charge in [0.15, 0.2) is 0 Å². The predicted molar refractivity (Wildman–Crippen MR) is 66.0 cm³/mol. The molecule has 0 spiro atoms. The third-order valence-electron chi connectivity index (χ3n) is 2.06. The number of carboxylic acid groups (broad SMARTS) is 1. The molecule has 1 aromatic rings. The lowest BCUT2D eigenvalue weighted by molar-refractivity contribution is 0.0698. The molecule has 96 valence electrons. The van der Waals surface area contributed by atoms with Gasteiger partial charge in [-0.3, -0.25) is 0 Å². The highest BCUT2D eigenvalue weighted by Gasteiger charge is 2.26. The largest absolute Gasteiger partial charge is 0.477 e. The first kappa shape index (κ1) is 14.1. The molecule has 1 rings (SSSR count). The van der Waals surface area contributed by atoms with Gasteiger partial charge in [0.05, 0.1) is 0 Å². The summed E-state index contributed by atoms with van der Waals surface area (Å²) in [6, 6.07) is 0. The first-order chi connectivity index (χ1) is 7.75. The van der Waals surface area contributed by atoms with Gasteiger partial charge in [0, 0.05) is 6.54 Å². The molecule has 0 aliphatic heterocycles. The molecule has 17 heavy (non-hydrogen) atoms. The van der Waals surface area contributed by atoms with Crippen LogP contribution in [0.5, 0.6) is 0 Å². The average Bonchev–Trinajstić information content (AvgIpc) is 2.58. The van der Waals surface area contributed by atoms with Crippen LogP contribution in [0.1, 0.15) is 29.1 Å².